The highest BCUT2D eigenvalue weighted by atomic mass is 16.4. The van der Waals surface area contributed by atoms with Crippen LogP contribution in [0.2, 0.25) is 0 Å². The minimum Gasteiger partial charge on any atom is -0.481 e. The van der Waals surface area contributed by atoms with Gasteiger partial charge in [0.2, 0.25) is 0 Å². The van der Waals surface area contributed by atoms with Gasteiger partial charge in [-0.3, -0.25) is 28.8 Å². The maximum atomic E-state index is 10.0. The van der Waals surface area contributed by atoms with E-state index in [9.17, 15) is 4.79 Å². The molecule has 0 aromatic carbocycles. The Labute approximate surface area is 176 Å². The van der Waals surface area contributed by atoms with Crippen LogP contribution in [0.4, 0.5) is 0 Å². The molecule has 0 atom stereocenters. The molecule has 0 aromatic heterocycles. The van der Waals surface area contributed by atoms with Crippen molar-refractivity contribution in [2.45, 2.75) is 80.1 Å². The molecule has 0 bridgehead atoms. The van der Waals surface area contributed by atoms with Gasteiger partial charge in [0.15, 0.2) is 0 Å². The normalized spacial score (nSPS) is 7.40. The molecule has 0 aliphatic rings. The minimum absolute atomic E-state index is 0.337. The Bertz CT molecular complexity index is 368. The van der Waals surface area contributed by atoms with Crippen LogP contribution in [-0.4, -0.2) is 66.5 Å². The Morgan fingerprint density at radius 3 is 0.833 bits per heavy atom. The predicted molar refractivity (Wildman–Crippen MR) is 108 cm³/mol. The van der Waals surface area contributed by atoms with Crippen molar-refractivity contribution in [3.05, 3.63) is 0 Å². The van der Waals surface area contributed by atoms with Crippen LogP contribution in [0.25, 0.3) is 0 Å². The number of hydrogen-bond donors (Lipinski definition) is 6. The fourth-order valence-corrected chi connectivity index (χ4v) is 0.880. The zero-order valence-corrected chi connectivity index (χ0v) is 18.4. The zero-order chi connectivity index (χ0) is 25.7. The van der Waals surface area contributed by atoms with E-state index in [0.29, 0.717) is 6.42 Å². The molecule has 0 spiro atoms. The fraction of sp³-hybridized carbons (Fsp3) is 0.667. The molecular formula is C18H36O12. The molecule has 12 heteroatoms. The Morgan fingerprint density at radius 2 is 0.667 bits per heavy atom. The number of hydrogen-bond acceptors (Lipinski definition) is 6. The van der Waals surface area contributed by atoms with Gasteiger partial charge in [-0.1, -0.05) is 32.6 Å². The second-order valence-corrected chi connectivity index (χ2v) is 5.15. The Hall–Kier alpha value is -3.18. The molecule has 0 aliphatic heterocycles. The van der Waals surface area contributed by atoms with Crippen LogP contribution in [-0.2, 0) is 28.8 Å². The van der Waals surface area contributed by atoms with Crippen LogP contribution >= 0.6 is 0 Å². The molecule has 0 heterocycles. The van der Waals surface area contributed by atoms with Gasteiger partial charge in [-0.2, -0.15) is 0 Å². The summed E-state index contributed by atoms with van der Waals surface area (Å²) in [7, 11) is 0. The lowest BCUT2D eigenvalue weighted by atomic mass is 10.1. The van der Waals surface area contributed by atoms with Gasteiger partial charge in [0.05, 0.1) is 0 Å². The number of rotatable bonds is 6. The molecular weight excluding hydrogens is 408 g/mol. The zero-order valence-electron chi connectivity index (χ0n) is 18.4. The second kappa shape index (κ2) is 36.7. The summed E-state index contributed by atoms with van der Waals surface area (Å²) in [5.74, 6) is -4.84. The summed E-state index contributed by atoms with van der Waals surface area (Å²) < 4.78 is 0. The van der Waals surface area contributed by atoms with E-state index in [2.05, 4.69) is 6.92 Å². The molecule has 0 fully saturated rings. The smallest absolute Gasteiger partial charge is 0.303 e. The van der Waals surface area contributed by atoms with Crippen LogP contribution in [0.3, 0.4) is 0 Å². The second-order valence-electron chi connectivity index (χ2n) is 5.15. The van der Waals surface area contributed by atoms with Gasteiger partial charge in [-0.25, -0.2) is 0 Å². The number of carbonyl (C=O) groups is 6. The van der Waals surface area contributed by atoms with Gasteiger partial charge in [0, 0.05) is 41.0 Å². The van der Waals surface area contributed by atoms with E-state index in [1.807, 2.05) is 0 Å². The van der Waals surface area contributed by atoms with Gasteiger partial charge in [0.25, 0.3) is 29.8 Å². The highest BCUT2D eigenvalue weighted by molar-refractivity contribution is 5.66. The van der Waals surface area contributed by atoms with Crippen LogP contribution in [0.15, 0.2) is 0 Å². The number of carboxylic acids is 6. The van der Waals surface area contributed by atoms with Crippen molar-refractivity contribution in [3.63, 3.8) is 0 Å². The molecule has 0 aliphatic carbocycles. The molecule has 0 radical (unpaired) electrons. The first-order valence-electron chi connectivity index (χ1n) is 8.63. The summed E-state index contributed by atoms with van der Waals surface area (Å²) in [5.41, 5.74) is 0. The standard InChI is InChI=1S/C8H16O2.5C2H4O2/c1-2-3-4-5-6-7-8(9)10;5*1-2(3)4/h2-7H2,1H3,(H,9,10);5*1H3,(H,3,4). The third kappa shape index (κ3) is 965. The summed E-state index contributed by atoms with van der Waals surface area (Å²) in [6.45, 7) is 7.57. The third-order valence-electron chi connectivity index (χ3n) is 1.49. The van der Waals surface area contributed by atoms with Crippen LogP contribution in [0, 0.1) is 0 Å². The Balaban J connectivity index is -0.0000000616. The van der Waals surface area contributed by atoms with Crippen molar-refractivity contribution in [2.24, 2.45) is 0 Å². The molecule has 0 aromatic rings. The quantitative estimate of drug-likeness (QED) is 0.325. The van der Waals surface area contributed by atoms with Crippen molar-refractivity contribution in [2.75, 3.05) is 0 Å². The lowest BCUT2D eigenvalue weighted by Gasteiger charge is -1.95. The largest absolute Gasteiger partial charge is 0.481 e. The lowest BCUT2D eigenvalue weighted by Crippen LogP contribution is -1.93. The SMILES string of the molecule is CC(=O)O.CC(=O)O.CC(=O)O.CC(=O)O.CC(=O)O.CCCCCCCC(=O)O. The molecule has 0 saturated heterocycles. The van der Waals surface area contributed by atoms with Crippen molar-refractivity contribution in [3.8, 4) is 0 Å². The van der Waals surface area contributed by atoms with Crippen LogP contribution in [0.5, 0.6) is 0 Å². The van der Waals surface area contributed by atoms with E-state index in [-0.39, 0.29) is 0 Å². The van der Waals surface area contributed by atoms with Gasteiger partial charge in [-0.15, -0.1) is 0 Å². The number of unbranched alkanes of at least 4 members (excludes halogenated alkanes) is 4. The summed E-state index contributed by atoms with van der Waals surface area (Å²) in [4.78, 5) is 55.0. The first-order valence-corrected chi connectivity index (χ1v) is 8.63. The molecule has 0 rings (SSSR count). The minimum atomic E-state index is -0.833. The molecule has 0 amide bonds. The maximum absolute atomic E-state index is 10.0. The molecule has 30 heavy (non-hydrogen) atoms. The van der Waals surface area contributed by atoms with Crippen molar-refractivity contribution < 1.29 is 59.4 Å². The fourth-order valence-electron chi connectivity index (χ4n) is 0.880. The average molecular weight is 444 g/mol. The lowest BCUT2D eigenvalue weighted by molar-refractivity contribution is -0.137. The molecule has 6 N–H and O–H groups in total. The topological polar surface area (TPSA) is 224 Å². The maximum Gasteiger partial charge on any atom is 0.303 e. The first-order chi connectivity index (χ1) is 13.4. The molecule has 0 unspecified atom stereocenters. The predicted octanol–water partition coefficient (Wildman–Crippen LogP) is 2.89. The average Bonchev–Trinajstić information content (AvgIpc) is 2.43. The Morgan fingerprint density at radius 1 is 0.467 bits per heavy atom. The third-order valence-corrected chi connectivity index (χ3v) is 1.49. The molecule has 0 saturated carbocycles. The van der Waals surface area contributed by atoms with E-state index in [4.69, 9.17) is 54.6 Å². The highest BCUT2D eigenvalue weighted by Crippen LogP contribution is 2.04. The monoisotopic (exact) mass is 444 g/mol. The number of carboxylic acid groups (broad SMARTS) is 6. The summed E-state index contributed by atoms with van der Waals surface area (Å²) in [6, 6.07) is 0. The van der Waals surface area contributed by atoms with Crippen molar-refractivity contribution >= 4 is 35.8 Å². The first kappa shape index (κ1) is 41.2. The number of aliphatic carboxylic acids is 6. The summed E-state index contributed by atoms with van der Waals surface area (Å²) >= 11 is 0. The van der Waals surface area contributed by atoms with Gasteiger partial charge in [-0.05, 0) is 6.42 Å². The highest BCUT2D eigenvalue weighted by Gasteiger charge is 1.94. The van der Waals surface area contributed by atoms with Gasteiger partial charge >= 0.3 is 5.97 Å². The van der Waals surface area contributed by atoms with Crippen LogP contribution < -0.4 is 0 Å². The Kier molecular flexibility index (Phi) is 50.5. The van der Waals surface area contributed by atoms with E-state index >= 15 is 0 Å². The molecule has 180 valence electrons. The van der Waals surface area contributed by atoms with Gasteiger partial charge < -0.3 is 30.6 Å². The summed E-state index contributed by atoms with van der Waals surface area (Å²) in [5, 5.41) is 45.4. The van der Waals surface area contributed by atoms with E-state index < -0.39 is 35.8 Å². The molecule has 12 nitrogen and oxygen atoms in total. The van der Waals surface area contributed by atoms with Crippen molar-refractivity contribution in [1.82, 2.24) is 0 Å². The van der Waals surface area contributed by atoms with Crippen molar-refractivity contribution in [1.29, 1.82) is 0 Å². The van der Waals surface area contributed by atoms with E-state index in [0.717, 1.165) is 47.5 Å². The van der Waals surface area contributed by atoms with Crippen LogP contribution in [0.1, 0.15) is 80.1 Å². The summed E-state index contributed by atoms with van der Waals surface area (Å²) in [6.07, 6.45) is 5.88. The van der Waals surface area contributed by atoms with E-state index in [1.165, 1.54) is 19.3 Å². The van der Waals surface area contributed by atoms with E-state index in [1.54, 1.807) is 0 Å². The van der Waals surface area contributed by atoms with Gasteiger partial charge in [0.1, 0.15) is 0 Å².